The highest BCUT2D eigenvalue weighted by molar-refractivity contribution is 5.08. The third-order valence-corrected chi connectivity index (χ3v) is 1.98. The average Bonchev–Trinajstić information content (AvgIpc) is 2.29. The van der Waals surface area contributed by atoms with Gasteiger partial charge in [0.15, 0.2) is 0 Å². The van der Waals surface area contributed by atoms with Crippen LogP contribution in [-0.4, -0.2) is 37.7 Å². The lowest BCUT2D eigenvalue weighted by Gasteiger charge is -2.05. The fraction of sp³-hybridized carbons (Fsp3) is 0.545. The van der Waals surface area contributed by atoms with Gasteiger partial charge in [0.05, 0.1) is 6.61 Å². The quantitative estimate of drug-likeness (QED) is 0.687. The molecule has 1 rings (SSSR count). The van der Waals surface area contributed by atoms with Crippen LogP contribution in [0, 0.1) is 0 Å². The lowest BCUT2D eigenvalue weighted by Crippen LogP contribution is -2.23. The van der Waals surface area contributed by atoms with Crippen molar-refractivity contribution in [2.75, 3.05) is 26.3 Å². The molecule has 0 amide bonds. The molecule has 0 aliphatic carbocycles. The fourth-order valence-corrected chi connectivity index (χ4v) is 1.22. The molecule has 0 atom stereocenters. The van der Waals surface area contributed by atoms with Crippen LogP contribution in [0.1, 0.15) is 5.56 Å². The third kappa shape index (κ3) is 6.42. The largest absolute Gasteiger partial charge is 0.374 e. The second-order valence-corrected chi connectivity index (χ2v) is 3.33. The number of aromatic nitrogens is 1. The summed E-state index contributed by atoms with van der Waals surface area (Å²) in [6, 6.07) is 3.89. The van der Waals surface area contributed by atoms with Crippen molar-refractivity contribution in [3.63, 3.8) is 0 Å². The van der Waals surface area contributed by atoms with Gasteiger partial charge in [0.1, 0.15) is 6.61 Å². The summed E-state index contributed by atoms with van der Waals surface area (Å²) in [7, 11) is 0. The second-order valence-electron chi connectivity index (χ2n) is 3.33. The van der Waals surface area contributed by atoms with Crippen LogP contribution in [0.5, 0.6) is 0 Å². The zero-order chi connectivity index (χ0) is 11.6. The van der Waals surface area contributed by atoms with E-state index in [-0.39, 0.29) is 0 Å². The van der Waals surface area contributed by atoms with Crippen molar-refractivity contribution < 1.29 is 13.5 Å². The number of halogens is 2. The lowest BCUT2D eigenvalue weighted by atomic mass is 10.2. The van der Waals surface area contributed by atoms with E-state index in [1.807, 2.05) is 18.3 Å². The predicted molar refractivity (Wildman–Crippen MR) is 57.6 cm³/mol. The highest BCUT2D eigenvalue weighted by Gasteiger charge is 2.00. The molecular formula is C11H16F2N2O. The molecule has 0 aliphatic rings. The first-order valence-corrected chi connectivity index (χ1v) is 5.24. The monoisotopic (exact) mass is 230 g/mol. The van der Waals surface area contributed by atoms with Crippen LogP contribution in [0.25, 0.3) is 0 Å². The number of hydrogen-bond donors (Lipinski definition) is 1. The molecule has 0 aromatic carbocycles. The van der Waals surface area contributed by atoms with Gasteiger partial charge in [-0.05, 0) is 24.6 Å². The highest BCUT2D eigenvalue weighted by Crippen LogP contribution is 1.95. The maximum absolute atomic E-state index is 11.7. The molecule has 0 saturated heterocycles. The van der Waals surface area contributed by atoms with E-state index in [0.29, 0.717) is 13.2 Å². The minimum Gasteiger partial charge on any atom is -0.374 e. The first-order chi connectivity index (χ1) is 7.79. The molecular weight excluding hydrogens is 214 g/mol. The third-order valence-electron chi connectivity index (χ3n) is 1.98. The van der Waals surface area contributed by atoms with Crippen LogP contribution in [-0.2, 0) is 11.2 Å². The Bertz CT molecular complexity index is 270. The fourth-order valence-electron chi connectivity index (χ4n) is 1.22. The topological polar surface area (TPSA) is 34.1 Å². The Kier molecular flexibility index (Phi) is 6.60. The molecule has 90 valence electrons. The molecule has 0 unspecified atom stereocenters. The summed E-state index contributed by atoms with van der Waals surface area (Å²) in [5, 5.41) is 3.11. The average molecular weight is 230 g/mol. The Morgan fingerprint density at radius 2 is 2.25 bits per heavy atom. The Morgan fingerprint density at radius 3 is 2.94 bits per heavy atom. The van der Waals surface area contributed by atoms with Crippen molar-refractivity contribution >= 4 is 0 Å². The first kappa shape index (κ1) is 13.0. The van der Waals surface area contributed by atoms with Crippen molar-refractivity contribution in [3.8, 4) is 0 Å². The second kappa shape index (κ2) is 8.13. The molecule has 1 aromatic heterocycles. The molecule has 3 nitrogen and oxygen atoms in total. The molecule has 0 spiro atoms. The molecule has 16 heavy (non-hydrogen) atoms. The number of rotatable bonds is 8. The predicted octanol–water partition coefficient (Wildman–Crippen LogP) is 1.50. The summed E-state index contributed by atoms with van der Waals surface area (Å²) < 4.78 is 28.1. The molecule has 0 aliphatic heterocycles. The molecule has 1 heterocycles. The van der Waals surface area contributed by atoms with E-state index in [1.54, 1.807) is 6.20 Å². The Morgan fingerprint density at radius 1 is 1.38 bits per heavy atom. The van der Waals surface area contributed by atoms with Crippen molar-refractivity contribution in [1.82, 2.24) is 10.3 Å². The summed E-state index contributed by atoms with van der Waals surface area (Å²) in [5.41, 5.74) is 1.16. The summed E-state index contributed by atoms with van der Waals surface area (Å²) in [5.74, 6) is 0. The van der Waals surface area contributed by atoms with E-state index in [4.69, 9.17) is 4.74 Å². The number of nitrogens with zero attached hydrogens (tertiary/aromatic N) is 1. The Labute approximate surface area is 93.8 Å². The highest BCUT2D eigenvalue weighted by atomic mass is 19.3. The molecule has 0 fully saturated rings. The van der Waals surface area contributed by atoms with Gasteiger partial charge in [-0.1, -0.05) is 6.07 Å². The van der Waals surface area contributed by atoms with E-state index >= 15 is 0 Å². The number of alkyl halides is 2. The molecule has 0 saturated carbocycles. The first-order valence-electron chi connectivity index (χ1n) is 5.24. The van der Waals surface area contributed by atoms with Crippen molar-refractivity contribution in [2.24, 2.45) is 0 Å². The number of nitrogens with one attached hydrogen (secondary N) is 1. The van der Waals surface area contributed by atoms with Crippen LogP contribution in [0.2, 0.25) is 0 Å². The van der Waals surface area contributed by atoms with E-state index in [1.165, 1.54) is 0 Å². The maximum atomic E-state index is 11.7. The molecule has 0 bridgehead atoms. The minimum absolute atomic E-state index is 0.317. The van der Waals surface area contributed by atoms with Crippen LogP contribution < -0.4 is 5.32 Å². The van der Waals surface area contributed by atoms with Crippen LogP contribution in [0.15, 0.2) is 24.5 Å². The van der Waals surface area contributed by atoms with Crippen molar-refractivity contribution in [3.05, 3.63) is 30.1 Å². The maximum Gasteiger partial charge on any atom is 0.261 e. The standard InChI is InChI=1S/C11H16F2N2O/c12-11(13)9-16-7-6-14-5-3-10-2-1-4-15-8-10/h1-2,4,8,11,14H,3,5-7,9H2. The van der Waals surface area contributed by atoms with Gasteiger partial charge in [0.2, 0.25) is 0 Å². The molecule has 5 heteroatoms. The van der Waals surface area contributed by atoms with Gasteiger partial charge >= 0.3 is 0 Å². The Hall–Kier alpha value is -1.07. The van der Waals surface area contributed by atoms with E-state index < -0.39 is 13.0 Å². The Balaban J connectivity index is 1.93. The summed E-state index contributed by atoms with van der Waals surface area (Å²) in [4.78, 5) is 4.00. The lowest BCUT2D eigenvalue weighted by molar-refractivity contribution is 0.0188. The molecule has 1 aromatic rings. The van der Waals surface area contributed by atoms with Crippen molar-refractivity contribution in [1.29, 1.82) is 0 Å². The zero-order valence-electron chi connectivity index (χ0n) is 9.03. The molecule has 1 N–H and O–H groups in total. The van der Waals surface area contributed by atoms with Crippen LogP contribution >= 0.6 is 0 Å². The van der Waals surface area contributed by atoms with Gasteiger partial charge in [-0.2, -0.15) is 0 Å². The normalized spacial score (nSPS) is 10.9. The minimum atomic E-state index is -2.38. The number of ether oxygens (including phenoxy) is 1. The van der Waals surface area contributed by atoms with Crippen LogP contribution in [0.3, 0.4) is 0 Å². The van der Waals surface area contributed by atoms with Gasteiger partial charge in [-0.25, -0.2) is 8.78 Å². The summed E-state index contributed by atoms with van der Waals surface area (Å²) in [6.45, 7) is 1.22. The van der Waals surface area contributed by atoms with Gasteiger partial charge < -0.3 is 10.1 Å². The van der Waals surface area contributed by atoms with Gasteiger partial charge in [-0.15, -0.1) is 0 Å². The van der Waals surface area contributed by atoms with E-state index in [2.05, 4.69) is 10.3 Å². The summed E-state index contributed by atoms with van der Waals surface area (Å²) in [6.07, 6.45) is 2.04. The SMILES string of the molecule is FC(F)COCCNCCc1cccnc1. The van der Waals surface area contributed by atoms with Gasteiger partial charge in [0, 0.05) is 18.9 Å². The zero-order valence-corrected chi connectivity index (χ0v) is 9.03. The number of hydrogen-bond acceptors (Lipinski definition) is 3. The van der Waals surface area contributed by atoms with Crippen LogP contribution in [0.4, 0.5) is 8.78 Å². The van der Waals surface area contributed by atoms with E-state index in [0.717, 1.165) is 18.5 Å². The molecule has 0 radical (unpaired) electrons. The smallest absolute Gasteiger partial charge is 0.261 e. The summed E-state index contributed by atoms with van der Waals surface area (Å²) >= 11 is 0. The number of pyridine rings is 1. The van der Waals surface area contributed by atoms with Gasteiger partial charge in [0.25, 0.3) is 6.43 Å². The van der Waals surface area contributed by atoms with E-state index in [9.17, 15) is 8.78 Å². The van der Waals surface area contributed by atoms with Gasteiger partial charge in [-0.3, -0.25) is 4.98 Å². The van der Waals surface area contributed by atoms with Crippen molar-refractivity contribution in [2.45, 2.75) is 12.8 Å².